The van der Waals surface area contributed by atoms with Gasteiger partial charge < -0.3 is 14.9 Å². The minimum absolute atomic E-state index is 0.118. The molecule has 0 atom stereocenters. The number of hydrogen-bond acceptors (Lipinski definition) is 5. The molecule has 2 aromatic carbocycles. The third-order valence-corrected chi connectivity index (χ3v) is 6.09. The van der Waals surface area contributed by atoms with Crippen molar-refractivity contribution in [3.8, 4) is 27.6 Å². The second-order valence-electron chi connectivity index (χ2n) is 7.03. The molecule has 152 valence electrons. The Hall–Kier alpha value is -3.90. The van der Waals surface area contributed by atoms with E-state index in [2.05, 4.69) is 0 Å². The maximum atomic E-state index is 13.3. The van der Waals surface area contributed by atoms with Gasteiger partial charge in [-0.25, -0.2) is 4.98 Å². The Morgan fingerprint density at radius 2 is 1.74 bits per heavy atom. The normalized spacial score (nSPS) is 11.0. The van der Waals surface area contributed by atoms with E-state index in [1.807, 2.05) is 76.6 Å². The summed E-state index contributed by atoms with van der Waals surface area (Å²) in [4.78, 5) is 18.2. The molecule has 0 unspecified atom stereocenters. The van der Waals surface area contributed by atoms with Crippen molar-refractivity contribution in [1.82, 2.24) is 9.38 Å². The van der Waals surface area contributed by atoms with Crippen LogP contribution in [0, 0.1) is 0 Å². The number of nitrogens with zero attached hydrogens (tertiary/aromatic N) is 2. The smallest absolute Gasteiger partial charge is 0.211 e. The van der Waals surface area contributed by atoms with Gasteiger partial charge in [0.1, 0.15) is 16.5 Å². The number of pyridine rings is 1. The average Bonchev–Trinajstić information content (AvgIpc) is 3.41. The van der Waals surface area contributed by atoms with Gasteiger partial charge in [0, 0.05) is 22.7 Å². The molecule has 0 aliphatic carbocycles. The predicted molar refractivity (Wildman–Crippen MR) is 125 cm³/mol. The fraction of sp³-hybridized carbons (Fsp3) is 0.0400. The maximum Gasteiger partial charge on any atom is 0.211 e. The molecular formula is C25H19N3O2S. The molecule has 3 aromatic heterocycles. The third-order valence-electron chi connectivity index (χ3n) is 5.23. The summed E-state index contributed by atoms with van der Waals surface area (Å²) in [5.74, 6) is 0.640. The van der Waals surface area contributed by atoms with Crippen molar-refractivity contribution >= 4 is 28.3 Å². The zero-order chi connectivity index (χ0) is 21.4. The first-order chi connectivity index (χ1) is 15.2. The molecule has 0 spiro atoms. The van der Waals surface area contributed by atoms with Crippen LogP contribution in [0.5, 0.6) is 5.75 Å². The quantitative estimate of drug-likeness (QED) is 0.375. The highest BCUT2D eigenvalue weighted by Gasteiger charge is 2.25. The fourth-order valence-electron chi connectivity index (χ4n) is 3.78. The maximum absolute atomic E-state index is 13.3. The van der Waals surface area contributed by atoms with Crippen molar-refractivity contribution in [1.29, 1.82) is 0 Å². The average molecular weight is 426 g/mol. The summed E-state index contributed by atoms with van der Waals surface area (Å²) in [6.45, 7) is 0. The Kier molecular flexibility index (Phi) is 4.76. The van der Waals surface area contributed by atoms with E-state index in [1.54, 1.807) is 19.2 Å². The summed E-state index contributed by atoms with van der Waals surface area (Å²) >= 11 is 1.50. The van der Waals surface area contributed by atoms with Gasteiger partial charge in [-0.05, 0) is 24.3 Å². The fourth-order valence-corrected chi connectivity index (χ4v) is 4.67. The molecule has 0 saturated heterocycles. The number of carbonyl (C=O) groups is 1. The van der Waals surface area contributed by atoms with Crippen LogP contribution >= 0.6 is 11.3 Å². The topological polar surface area (TPSA) is 69.6 Å². The lowest BCUT2D eigenvalue weighted by Crippen LogP contribution is -2.07. The highest BCUT2D eigenvalue weighted by molar-refractivity contribution is 7.13. The molecule has 0 aliphatic rings. The molecule has 0 saturated carbocycles. The summed E-state index contributed by atoms with van der Waals surface area (Å²) < 4.78 is 7.34. The minimum Gasteiger partial charge on any atom is -0.496 e. The molecule has 3 heterocycles. The number of ketones is 1. The van der Waals surface area contributed by atoms with Crippen LogP contribution in [-0.4, -0.2) is 22.3 Å². The number of para-hydroxylation sites is 1. The summed E-state index contributed by atoms with van der Waals surface area (Å²) in [7, 11) is 1.65. The number of hydrogen-bond donors (Lipinski definition) is 1. The van der Waals surface area contributed by atoms with Crippen LogP contribution in [0.4, 0.5) is 5.69 Å². The highest BCUT2D eigenvalue weighted by Crippen LogP contribution is 2.40. The van der Waals surface area contributed by atoms with Crippen LogP contribution in [-0.2, 0) is 0 Å². The highest BCUT2D eigenvalue weighted by atomic mass is 32.1. The Morgan fingerprint density at radius 3 is 2.55 bits per heavy atom. The lowest BCUT2D eigenvalue weighted by molar-refractivity contribution is 0.103. The van der Waals surface area contributed by atoms with Crippen molar-refractivity contribution < 1.29 is 9.53 Å². The zero-order valence-corrected chi connectivity index (χ0v) is 17.6. The molecule has 0 aliphatic heterocycles. The Bertz CT molecular complexity index is 1400. The van der Waals surface area contributed by atoms with Crippen LogP contribution in [0.25, 0.3) is 27.3 Å². The monoisotopic (exact) mass is 425 g/mol. The van der Waals surface area contributed by atoms with Crippen LogP contribution in [0.1, 0.15) is 16.1 Å². The number of carbonyl (C=O) groups excluding carboxylic acids is 1. The number of benzene rings is 2. The van der Waals surface area contributed by atoms with Gasteiger partial charge in [0.05, 0.1) is 29.6 Å². The van der Waals surface area contributed by atoms with E-state index in [9.17, 15) is 4.79 Å². The number of thiazole rings is 1. The van der Waals surface area contributed by atoms with Crippen molar-refractivity contribution in [3.05, 3.63) is 95.6 Å². The first-order valence-corrected chi connectivity index (χ1v) is 10.6. The van der Waals surface area contributed by atoms with Crippen molar-refractivity contribution in [2.45, 2.75) is 0 Å². The third kappa shape index (κ3) is 3.17. The van der Waals surface area contributed by atoms with Crippen LogP contribution in [0.2, 0.25) is 0 Å². The molecule has 0 amide bonds. The van der Waals surface area contributed by atoms with Gasteiger partial charge in [-0.15, -0.1) is 11.3 Å². The summed E-state index contributed by atoms with van der Waals surface area (Å²) in [5, 5.41) is 2.74. The number of rotatable bonds is 5. The molecule has 0 bridgehead atoms. The number of fused-ring (bicyclic) bond motifs is 1. The number of anilines is 1. The van der Waals surface area contributed by atoms with E-state index in [1.165, 1.54) is 11.3 Å². The second-order valence-corrected chi connectivity index (χ2v) is 7.88. The molecular weight excluding hydrogens is 406 g/mol. The molecule has 0 radical (unpaired) electrons. The number of methoxy groups -OCH3 is 1. The number of ether oxygens (including phenoxy) is 1. The first kappa shape index (κ1) is 19.1. The van der Waals surface area contributed by atoms with Gasteiger partial charge in [0.25, 0.3) is 0 Å². The molecule has 5 aromatic rings. The van der Waals surface area contributed by atoms with Crippen LogP contribution in [0.3, 0.4) is 0 Å². The lowest BCUT2D eigenvalue weighted by Gasteiger charge is -2.05. The molecule has 0 fully saturated rings. The van der Waals surface area contributed by atoms with Gasteiger partial charge in [-0.1, -0.05) is 48.5 Å². The molecule has 2 N–H and O–H groups in total. The van der Waals surface area contributed by atoms with Gasteiger partial charge in [-0.3, -0.25) is 4.79 Å². The largest absolute Gasteiger partial charge is 0.496 e. The SMILES string of the molecule is COc1ccccc1-c1csc(-c2c(N)c(C(=O)c3ccccc3)n3ccccc23)n1. The minimum atomic E-state index is -0.118. The van der Waals surface area contributed by atoms with Gasteiger partial charge in [-0.2, -0.15) is 0 Å². The van der Waals surface area contributed by atoms with E-state index >= 15 is 0 Å². The van der Waals surface area contributed by atoms with Gasteiger partial charge in [0.15, 0.2) is 0 Å². The molecule has 6 heteroatoms. The second kappa shape index (κ2) is 7.74. The number of nitrogens with two attached hydrogens (primary N) is 1. The summed E-state index contributed by atoms with van der Waals surface area (Å²) in [6, 6.07) is 22.7. The summed E-state index contributed by atoms with van der Waals surface area (Å²) in [5.41, 5.74) is 11.4. The predicted octanol–water partition coefficient (Wildman–Crippen LogP) is 5.55. The number of aromatic nitrogens is 2. The van der Waals surface area contributed by atoms with E-state index in [4.69, 9.17) is 15.5 Å². The van der Waals surface area contributed by atoms with E-state index in [-0.39, 0.29) is 5.78 Å². The Balaban J connectivity index is 1.68. The first-order valence-electron chi connectivity index (χ1n) is 9.76. The van der Waals surface area contributed by atoms with E-state index < -0.39 is 0 Å². The summed E-state index contributed by atoms with van der Waals surface area (Å²) in [6.07, 6.45) is 1.86. The lowest BCUT2D eigenvalue weighted by atomic mass is 10.1. The Labute approximate surface area is 183 Å². The van der Waals surface area contributed by atoms with E-state index in [0.717, 1.165) is 33.1 Å². The van der Waals surface area contributed by atoms with Crippen molar-refractivity contribution in [3.63, 3.8) is 0 Å². The zero-order valence-electron chi connectivity index (χ0n) is 16.8. The van der Waals surface area contributed by atoms with Crippen LogP contribution in [0.15, 0.2) is 84.4 Å². The standard InChI is InChI=1S/C25H19N3O2S/c1-30-20-13-6-5-11-17(20)18-15-31-25(27-18)21-19-12-7-8-14-28(19)23(22(21)26)24(29)16-9-3-2-4-10-16/h2-15H,26H2,1H3. The van der Waals surface area contributed by atoms with Crippen LogP contribution < -0.4 is 10.5 Å². The van der Waals surface area contributed by atoms with Gasteiger partial charge in [0.2, 0.25) is 5.78 Å². The van der Waals surface area contributed by atoms with Gasteiger partial charge >= 0.3 is 0 Å². The molecule has 5 nitrogen and oxygen atoms in total. The molecule has 5 rings (SSSR count). The Morgan fingerprint density at radius 1 is 1.00 bits per heavy atom. The number of nitrogen functional groups attached to an aromatic ring is 1. The van der Waals surface area contributed by atoms with E-state index in [0.29, 0.717) is 16.9 Å². The molecule has 31 heavy (non-hydrogen) atoms. The van der Waals surface area contributed by atoms with Crippen molar-refractivity contribution in [2.75, 3.05) is 12.8 Å². The van der Waals surface area contributed by atoms with Crippen molar-refractivity contribution in [2.24, 2.45) is 0 Å².